The van der Waals surface area contributed by atoms with Crippen LogP contribution in [0.3, 0.4) is 0 Å². The smallest absolute Gasteiger partial charge is 0.166 e. The summed E-state index contributed by atoms with van der Waals surface area (Å²) in [7, 11) is 1.71. The Bertz CT molecular complexity index is 454. The second kappa shape index (κ2) is 5.41. The zero-order valence-corrected chi connectivity index (χ0v) is 12.7. The minimum Gasteiger partial charge on any atom is -0.493 e. The molecule has 1 unspecified atom stereocenters. The molecule has 0 amide bonds. The second-order valence-corrected chi connectivity index (χ2v) is 5.75. The first kappa shape index (κ1) is 14.2. The van der Waals surface area contributed by atoms with Crippen molar-refractivity contribution in [3.05, 3.63) is 23.3 Å². The molecule has 0 radical (unpaired) electrons. The molecule has 1 atom stereocenters. The standard InChI is InChI=1S/C16H25NO2/c1-6-11-8-12-13(17-7-2)10-16(3,4)19-15(12)14(9-11)18-5/h8-9,13,17H,6-7,10H2,1-5H3. The molecule has 1 heterocycles. The summed E-state index contributed by atoms with van der Waals surface area (Å²) in [6.07, 6.45) is 1.98. The molecule has 3 heteroatoms. The predicted molar refractivity (Wildman–Crippen MR) is 78.1 cm³/mol. The van der Waals surface area contributed by atoms with E-state index >= 15 is 0 Å². The van der Waals surface area contributed by atoms with E-state index < -0.39 is 0 Å². The quantitative estimate of drug-likeness (QED) is 0.902. The number of hydrogen-bond acceptors (Lipinski definition) is 3. The Labute approximate surface area is 116 Å². The van der Waals surface area contributed by atoms with Gasteiger partial charge in [0.05, 0.1) is 7.11 Å². The lowest BCUT2D eigenvalue weighted by molar-refractivity contribution is 0.0626. The van der Waals surface area contributed by atoms with E-state index in [0.717, 1.165) is 30.9 Å². The van der Waals surface area contributed by atoms with Crippen LogP contribution in [0.4, 0.5) is 0 Å². The summed E-state index contributed by atoms with van der Waals surface area (Å²) < 4.78 is 11.7. The molecule has 0 fully saturated rings. The molecule has 19 heavy (non-hydrogen) atoms. The highest BCUT2D eigenvalue weighted by Gasteiger charge is 2.35. The van der Waals surface area contributed by atoms with Gasteiger partial charge in [-0.05, 0) is 38.4 Å². The highest BCUT2D eigenvalue weighted by molar-refractivity contribution is 5.52. The Morgan fingerprint density at radius 2 is 2.11 bits per heavy atom. The first-order valence-corrected chi connectivity index (χ1v) is 7.14. The van der Waals surface area contributed by atoms with Crippen LogP contribution in [-0.2, 0) is 6.42 Å². The summed E-state index contributed by atoms with van der Waals surface area (Å²) in [5.41, 5.74) is 2.36. The van der Waals surface area contributed by atoms with E-state index in [0.29, 0.717) is 6.04 Å². The maximum absolute atomic E-state index is 6.15. The Morgan fingerprint density at radius 3 is 2.68 bits per heavy atom. The first-order valence-electron chi connectivity index (χ1n) is 7.14. The summed E-state index contributed by atoms with van der Waals surface area (Å²) in [6.45, 7) is 9.53. The summed E-state index contributed by atoms with van der Waals surface area (Å²) >= 11 is 0. The van der Waals surface area contributed by atoms with Gasteiger partial charge in [-0.3, -0.25) is 0 Å². The number of fused-ring (bicyclic) bond motifs is 1. The molecule has 2 rings (SSSR count). The number of ether oxygens (including phenoxy) is 2. The van der Waals surface area contributed by atoms with E-state index in [4.69, 9.17) is 9.47 Å². The van der Waals surface area contributed by atoms with Crippen LogP contribution in [0, 0.1) is 0 Å². The van der Waals surface area contributed by atoms with Crippen molar-refractivity contribution < 1.29 is 9.47 Å². The van der Waals surface area contributed by atoms with E-state index in [-0.39, 0.29) is 5.60 Å². The van der Waals surface area contributed by atoms with E-state index in [1.807, 2.05) is 0 Å². The summed E-state index contributed by atoms with van der Waals surface area (Å²) in [6, 6.07) is 4.67. The molecule has 0 aliphatic carbocycles. The van der Waals surface area contributed by atoms with Gasteiger partial charge in [0.1, 0.15) is 5.60 Å². The summed E-state index contributed by atoms with van der Waals surface area (Å²) in [4.78, 5) is 0. The molecule has 3 nitrogen and oxygen atoms in total. The van der Waals surface area contributed by atoms with E-state index in [9.17, 15) is 0 Å². The van der Waals surface area contributed by atoms with Gasteiger partial charge in [0, 0.05) is 18.0 Å². The van der Waals surface area contributed by atoms with Crippen molar-refractivity contribution >= 4 is 0 Å². The van der Waals surface area contributed by atoms with Gasteiger partial charge >= 0.3 is 0 Å². The molecule has 1 N–H and O–H groups in total. The average Bonchev–Trinajstić information content (AvgIpc) is 2.37. The monoisotopic (exact) mass is 263 g/mol. The molecule has 1 aromatic carbocycles. The highest BCUT2D eigenvalue weighted by atomic mass is 16.5. The third-order valence-electron chi connectivity index (χ3n) is 3.67. The number of nitrogens with one attached hydrogen (secondary N) is 1. The van der Waals surface area contributed by atoms with Crippen molar-refractivity contribution in [1.82, 2.24) is 5.32 Å². The van der Waals surface area contributed by atoms with Crippen LogP contribution in [0.5, 0.6) is 11.5 Å². The third-order valence-corrected chi connectivity index (χ3v) is 3.67. The number of rotatable bonds is 4. The van der Waals surface area contributed by atoms with Crippen molar-refractivity contribution in [2.75, 3.05) is 13.7 Å². The maximum atomic E-state index is 6.15. The van der Waals surface area contributed by atoms with E-state index in [2.05, 4.69) is 45.1 Å². The Kier molecular flexibility index (Phi) is 4.04. The zero-order chi connectivity index (χ0) is 14.0. The molecule has 1 aromatic rings. The number of benzene rings is 1. The van der Waals surface area contributed by atoms with E-state index in [1.54, 1.807) is 7.11 Å². The van der Waals surface area contributed by atoms with Gasteiger partial charge in [-0.2, -0.15) is 0 Å². The van der Waals surface area contributed by atoms with Crippen LogP contribution in [0.2, 0.25) is 0 Å². The predicted octanol–water partition coefficient (Wildman–Crippen LogP) is 3.47. The lowest BCUT2D eigenvalue weighted by Gasteiger charge is -2.38. The molecular formula is C16H25NO2. The Balaban J connectivity index is 2.52. The lowest BCUT2D eigenvalue weighted by Crippen LogP contribution is -2.39. The van der Waals surface area contributed by atoms with Gasteiger partial charge in [-0.1, -0.05) is 19.9 Å². The van der Waals surface area contributed by atoms with Gasteiger partial charge in [0.25, 0.3) is 0 Å². The van der Waals surface area contributed by atoms with Gasteiger partial charge < -0.3 is 14.8 Å². The van der Waals surface area contributed by atoms with Crippen LogP contribution >= 0.6 is 0 Å². The first-order chi connectivity index (χ1) is 9.00. The van der Waals surface area contributed by atoms with Gasteiger partial charge in [0.15, 0.2) is 11.5 Å². The van der Waals surface area contributed by atoms with Crippen LogP contribution in [-0.4, -0.2) is 19.3 Å². The van der Waals surface area contributed by atoms with Gasteiger partial charge in [-0.15, -0.1) is 0 Å². The number of methoxy groups -OCH3 is 1. The molecule has 0 saturated heterocycles. The SMILES string of the molecule is CCNC1CC(C)(C)Oc2c(OC)cc(CC)cc21. The van der Waals surface area contributed by atoms with Crippen LogP contribution in [0.1, 0.15) is 51.3 Å². The topological polar surface area (TPSA) is 30.5 Å². The summed E-state index contributed by atoms with van der Waals surface area (Å²) in [5, 5.41) is 3.56. The number of hydrogen-bond donors (Lipinski definition) is 1. The molecule has 1 aliphatic rings. The normalized spacial score (nSPS) is 20.6. The molecule has 0 aromatic heterocycles. The molecule has 0 bridgehead atoms. The second-order valence-electron chi connectivity index (χ2n) is 5.75. The van der Waals surface area contributed by atoms with Crippen molar-refractivity contribution in [1.29, 1.82) is 0 Å². The third kappa shape index (κ3) is 2.86. The van der Waals surface area contributed by atoms with E-state index in [1.165, 1.54) is 11.1 Å². The van der Waals surface area contributed by atoms with Crippen LogP contribution in [0.25, 0.3) is 0 Å². The molecule has 1 aliphatic heterocycles. The van der Waals surface area contributed by atoms with Crippen LogP contribution in [0.15, 0.2) is 12.1 Å². The fourth-order valence-electron chi connectivity index (χ4n) is 2.75. The fraction of sp³-hybridized carbons (Fsp3) is 0.625. The molecule has 106 valence electrons. The maximum Gasteiger partial charge on any atom is 0.166 e. The molecule has 0 spiro atoms. The fourth-order valence-corrected chi connectivity index (χ4v) is 2.75. The molecule has 0 saturated carbocycles. The van der Waals surface area contributed by atoms with Crippen molar-refractivity contribution in [2.24, 2.45) is 0 Å². The average molecular weight is 263 g/mol. The molecular weight excluding hydrogens is 238 g/mol. The summed E-state index contributed by atoms with van der Waals surface area (Å²) in [5.74, 6) is 1.76. The Morgan fingerprint density at radius 1 is 1.37 bits per heavy atom. The van der Waals surface area contributed by atoms with Gasteiger partial charge in [-0.25, -0.2) is 0 Å². The van der Waals surface area contributed by atoms with Crippen molar-refractivity contribution in [3.8, 4) is 11.5 Å². The largest absolute Gasteiger partial charge is 0.493 e. The minimum atomic E-state index is -0.166. The number of aryl methyl sites for hydroxylation is 1. The highest BCUT2D eigenvalue weighted by Crippen LogP contribution is 2.45. The minimum absolute atomic E-state index is 0.166. The zero-order valence-electron chi connectivity index (χ0n) is 12.7. The van der Waals surface area contributed by atoms with Crippen molar-refractivity contribution in [3.63, 3.8) is 0 Å². The van der Waals surface area contributed by atoms with Crippen LogP contribution < -0.4 is 14.8 Å². The lowest BCUT2D eigenvalue weighted by atomic mass is 9.88. The van der Waals surface area contributed by atoms with Crippen molar-refractivity contribution in [2.45, 2.75) is 52.2 Å². The van der Waals surface area contributed by atoms with Gasteiger partial charge in [0.2, 0.25) is 0 Å². The Hall–Kier alpha value is -1.22.